The number of carbonyl (C=O) groups is 1. The Morgan fingerprint density at radius 3 is 1.91 bits per heavy atom. The van der Waals surface area contributed by atoms with Crippen molar-refractivity contribution in [3.8, 4) is 0 Å². The molecule has 0 saturated heterocycles. The summed E-state index contributed by atoms with van der Waals surface area (Å²) in [4.78, 5) is 11.9. The summed E-state index contributed by atoms with van der Waals surface area (Å²) in [6.07, 6.45) is 3.47. The van der Waals surface area contributed by atoms with Crippen molar-refractivity contribution in [1.29, 1.82) is 0 Å². The Kier molecular flexibility index (Phi) is 4.39. The third kappa shape index (κ3) is 3.45. The van der Waals surface area contributed by atoms with Crippen molar-refractivity contribution in [1.82, 2.24) is 5.32 Å². The van der Waals surface area contributed by atoms with Crippen molar-refractivity contribution in [2.75, 3.05) is 0 Å². The molecule has 1 aliphatic rings. The van der Waals surface area contributed by atoms with Gasteiger partial charge in [0, 0.05) is 18.4 Å². The summed E-state index contributed by atoms with van der Waals surface area (Å²) >= 11 is 0. The van der Waals surface area contributed by atoms with Gasteiger partial charge in [-0.25, -0.2) is 0 Å². The van der Waals surface area contributed by atoms with Crippen LogP contribution in [0.15, 0.2) is 60.7 Å². The highest BCUT2D eigenvalue weighted by Gasteiger charge is 2.45. The predicted octanol–water partition coefficient (Wildman–Crippen LogP) is 4.27. The number of benzene rings is 2. The van der Waals surface area contributed by atoms with Crippen LogP contribution in [0, 0.1) is 0 Å². The lowest BCUT2D eigenvalue weighted by molar-refractivity contribution is -0.119. The summed E-state index contributed by atoms with van der Waals surface area (Å²) < 4.78 is 0. The Bertz CT molecular complexity index is 577. The minimum Gasteiger partial charge on any atom is -0.300 e. The number of nitrogens with one attached hydrogen (secondary N) is 1. The van der Waals surface area contributed by atoms with Crippen molar-refractivity contribution in [3.63, 3.8) is 0 Å². The van der Waals surface area contributed by atoms with Gasteiger partial charge in [-0.1, -0.05) is 67.6 Å². The van der Waals surface area contributed by atoms with Gasteiger partial charge >= 0.3 is 0 Å². The van der Waals surface area contributed by atoms with Gasteiger partial charge in [0.2, 0.25) is 0 Å². The molecule has 0 amide bonds. The summed E-state index contributed by atoms with van der Waals surface area (Å²) in [5, 5.41) is 3.78. The number of Topliss-reactive ketones (excluding diaryl/α,β-unsaturated/α-hetero) is 1. The van der Waals surface area contributed by atoms with Crippen LogP contribution in [0.4, 0.5) is 0 Å². The second-order valence-corrected chi connectivity index (χ2v) is 6.25. The van der Waals surface area contributed by atoms with Crippen molar-refractivity contribution >= 4 is 5.78 Å². The highest BCUT2D eigenvalue weighted by atomic mass is 16.1. The predicted molar refractivity (Wildman–Crippen MR) is 89.7 cm³/mol. The summed E-state index contributed by atoms with van der Waals surface area (Å²) in [5.74, 6) is 0.352. The van der Waals surface area contributed by atoms with Crippen LogP contribution in [0.3, 0.4) is 0 Å². The fraction of sp³-hybridized carbons (Fsp3) is 0.350. The van der Waals surface area contributed by atoms with Crippen LogP contribution >= 0.6 is 0 Å². The molecule has 2 nitrogen and oxygen atoms in total. The third-order valence-electron chi connectivity index (χ3n) is 4.50. The van der Waals surface area contributed by atoms with Gasteiger partial charge in [-0.3, -0.25) is 4.79 Å². The Balaban J connectivity index is 1.86. The zero-order chi connectivity index (χ0) is 15.4. The molecule has 1 aliphatic carbocycles. The van der Waals surface area contributed by atoms with Crippen LogP contribution in [0.25, 0.3) is 0 Å². The average Bonchev–Trinajstić information content (AvgIpc) is 3.33. The van der Waals surface area contributed by atoms with E-state index in [2.05, 4.69) is 53.8 Å². The molecule has 22 heavy (non-hydrogen) atoms. The summed E-state index contributed by atoms with van der Waals surface area (Å²) in [7, 11) is 0. The van der Waals surface area contributed by atoms with Crippen LogP contribution in [-0.2, 0) is 4.79 Å². The van der Waals surface area contributed by atoms with E-state index in [1.54, 1.807) is 0 Å². The van der Waals surface area contributed by atoms with Gasteiger partial charge in [0.25, 0.3) is 0 Å². The van der Waals surface area contributed by atoms with Crippen molar-refractivity contribution < 1.29 is 4.79 Å². The molecule has 0 spiro atoms. The minimum absolute atomic E-state index is 0.00342. The van der Waals surface area contributed by atoms with Crippen LogP contribution < -0.4 is 5.32 Å². The van der Waals surface area contributed by atoms with E-state index in [-0.39, 0.29) is 11.6 Å². The van der Waals surface area contributed by atoms with Crippen molar-refractivity contribution in [3.05, 3.63) is 71.8 Å². The maximum atomic E-state index is 11.9. The van der Waals surface area contributed by atoms with Gasteiger partial charge in [0.05, 0.1) is 6.04 Å². The maximum absolute atomic E-state index is 11.9. The van der Waals surface area contributed by atoms with E-state index in [1.807, 2.05) is 19.1 Å². The molecule has 0 atom stereocenters. The van der Waals surface area contributed by atoms with Gasteiger partial charge in [-0.2, -0.15) is 0 Å². The number of hydrogen-bond donors (Lipinski definition) is 1. The first kappa shape index (κ1) is 15.0. The zero-order valence-corrected chi connectivity index (χ0v) is 13.1. The van der Waals surface area contributed by atoms with Crippen molar-refractivity contribution in [2.24, 2.45) is 0 Å². The third-order valence-corrected chi connectivity index (χ3v) is 4.50. The average molecular weight is 293 g/mol. The standard InChI is InChI=1S/C20H23NO/c1-2-18(22)15-20(13-14-20)21-19(16-9-5-3-6-10-16)17-11-7-4-8-12-17/h3-12,19,21H,2,13-15H2,1H3. The van der Waals surface area contributed by atoms with E-state index in [4.69, 9.17) is 0 Å². The van der Waals surface area contributed by atoms with Gasteiger partial charge in [0.1, 0.15) is 5.78 Å². The van der Waals surface area contributed by atoms with Gasteiger partial charge in [-0.15, -0.1) is 0 Å². The van der Waals surface area contributed by atoms with Gasteiger partial charge in [-0.05, 0) is 24.0 Å². The normalized spacial score (nSPS) is 15.7. The molecule has 2 aromatic rings. The first-order chi connectivity index (χ1) is 10.7. The van der Waals surface area contributed by atoms with Crippen LogP contribution in [0.2, 0.25) is 0 Å². The molecule has 2 heteroatoms. The maximum Gasteiger partial charge on any atom is 0.134 e. The molecular weight excluding hydrogens is 270 g/mol. The monoisotopic (exact) mass is 293 g/mol. The van der Waals surface area contributed by atoms with E-state index >= 15 is 0 Å². The molecule has 0 aromatic heterocycles. The Morgan fingerprint density at radius 1 is 1.00 bits per heavy atom. The largest absolute Gasteiger partial charge is 0.300 e. The molecule has 0 aliphatic heterocycles. The zero-order valence-electron chi connectivity index (χ0n) is 13.1. The van der Waals surface area contributed by atoms with Crippen molar-refractivity contribution in [2.45, 2.75) is 44.2 Å². The molecular formula is C20H23NO. The molecule has 0 radical (unpaired) electrons. The second kappa shape index (κ2) is 6.45. The lowest BCUT2D eigenvalue weighted by Gasteiger charge is -2.26. The summed E-state index contributed by atoms with van der Waals surface area (Å²) in [6, 6.07) is 21.1. The summed E-state index contributed by atoms with van der Waals surface area (Å²) in [5.41, 5.74) is 2.51. The minimum atomic E-state index is 0.00342. The Labute approximate surface area is 132 Å². The van der Waals surface area contributed by atoms with E-state index in [0.717, 1.165) is 12.8 Å². The van der Waals surface area contributed by atoms with E-state index in [9.17, 15) is 4.79 Å². The Hall–Kier alpha value is -1.93. The van der Waals surface area contributed by atoms with E-state index < -0.39 is 0 Å². The smallest absolute Gasteiger partial charge is 0.134 e. The molecule has 1 fully saturated rings. The molecule has 114 valence electrons. The van der Waals surface area contributed by atoms with Crippen LogP contribution in [-0.4, -0.2) is 11.3 Å². The topological polar surface area (TPSA) is 29.1 Å². The lowest BCUT2D eigenvalue weighted by atomic mass is 9.96. The number of hydrogen-bond acceptors (Lipinski definition) is 2. The van der Waals surface area contributed by atoms with Crippen LogP contribution in [0.1, 0.15) is 49.8 Å². The number of rotatable bonds is 7. The van der Waals surface area contributed by atoms with Gasteiger partial charge in [0.15, 0.2) is 0 Å². The fourth-order valence-electron chi connectivity index (χ4n) is 2.98. The van der Waals surface area contributed by atoms with E-state index in [0.29, 0.717) is 18.6 Å². The highest BCUT2D eigenvalue weighted by molar-refractivity contribution is 5.79. The number of carbonyl (C=O) groups excluding carboxylic acids is 1. The lowest BCUT2D eigenvalue weighted by Crippen LogP contribution is -2.37. The second-order valence-electron chi connectivity index (χ2n) is 6.25. The molecule has 0 unspecified atom stereocenters. The SMILES string of the molecule is CCC(=O)CC1(NC(c2ccccc2)c2ccccc2)CC1. The molecule has 0 heterocycles. The molecule has 1 N–H and O–H groups in total. The summed E-state index contributed by atoms with van der Waals surface area (Å²) in [6.45, 7) is 1.95. The van der Waals surface area contributed by atoms with E-state index in [1.165, 1.54) is 11.1 Å². The first-order valence-electron chi connectivity index (χ1n) is 8.12. The number of ketones is 1. The highest BCUT2D eigenvalue weighted by Crippen LogP contribution is 2.42. The Morgan fingerprint density at radius 2 is 1.50 bits per heavy atom. The van der Waals surface area contributed by atoms with Crippen LogP contribution in [0.5, 0.6) is 0 Å². The molecule has 3 rings (SSSR count). The van der Waals surface area contributed by atoms with Gasteiger partial charge < -0.3 is 5.32 Å². The fourth-order valence-corrected chi connectivity index (χ4v) is 2.98. The molecule has 2 aromatic carbocycles. The quantitative estimate of drug-likeness (QED) is 0.826. The first-order valence-corrected chi connectivity index (χ1v) is 8.12. The molecule has 0 bridgehead atoms. The molecule has 1 saturated carbocycles.